The Morgan fingerprint density at radius 3 is 2.25 bits per heavy atom. The van der Waals surface area contributed by atoms with Crippen molar-refractivity contribution in [3.63, 3.8) is 0 Å². The number of unbranched alkanes of at least 4 members (excludes halogenated alkanes) is 1. The van der Waals surface area contributed by atoms with Crippen LogP contribution in [0.2, 0.25) is 0 Å². The summed E-state index contributed by atoms with van der Waals surface area (Å²) in [5.74, 6) is -0.481. The Hall–Kier alpha value is -4.19. The fraction of sp³-hybridized carbons (Fsp3) is 0.406. The zero-order valence-electron chi connectivity index (χ0n) is 25.1. The third kappa shape index (κ3) is 11.8. The minimum Gasteiger partial charge on any atom is -0.465 e. The number of amides is 3. The summed E-state index contributed by atoms with van der Waals surface area (Å²) in [6.45, 7) is 2.68. The Bertz CT molecular complexity index is 1340. The van der Waals surface area contributed by atoms with Gasteiger partial charge in [0.05, 0.1) is 6.54 Å². The van der Waals surface area contributed by atoms with Crippen LogP contribution in [0.5, 0.6) is 5.75 Å². The van der Waals surface area contributed by atoms with Gasteiger partial charge in [0.25, 0.3) is 0 Å². The quantitative estimate of drug-likeness (QED) is 0.173. The molecule has 0 fully saturated rings. The highest BCUT2D eigenvalue weighted by molar-refractivity contribution is 7.09. The van der Waals surface area contributed by atoms with Crippen LogP contribution in [0.4, 0.5) is 18.4 Å². The number of benzene rings is 2. The monoisotopic (exact) mass is 631 g/mol. The second kappa shape index (κ2) is 16.6. The molecule has 0 aliphatic carbocycles. The molecule has 0 spiro atoms. The van der Waals surface area contributed by atoms with E-state index in [-0.39, 0.29) is 38.3 Å². The summed E-state index contributed by atoms with van der Waals surface area (Å²) in [7, 11) is 0. The predicted molar refractivity (Wildman–Crippen MR) is 164 cm³/mol. The zero-order chi connectivity index (χ0) is 32.1. The van der Waals surface area contributed by atoms with Crippen molar-refractivity contribution < 1.29 is 37.7 Å². The van der Waals surface area contributed by atoms with Crippen LogP contribution in [0.25, 0.3) is 0 Å². The number of nitrogens with one attached hydrogen (secondary N) is 1. The van der Waals surface area contributed by atoms with E-state index < -0.39 is 36.3 Å². The maximum Gasteiger partial charge on any atom is 0.408 e. The van der Waals surface area contributed by atoms with Gasteiger partial charge < -0.3 is 29.7 Å². The maximum absolute atomic E-state index is 14.1. The lowest BCUT2D eigenvalue weighted by atomic mass is 10.1. The molecule has 238 valence electrons. The molecule has 2 N–H and O–H groups in total. The molecule has 0 radical (unpaired) electrons. The number of alkyl carbamates (subject to hydrolysis) is 1. The number of carboxylic acid groups (broad SMARTS) is 1. The van der Waals surface area contributed by atoms with E-state index in [0.29, 0.717) is 18.4 Å². The second-order valence-electron chi connectivity index (χ2n) is 11.1. The van der Waals surface area contributed by atoms with Gasteiger partial charge in [0.2, 0.25) is 5.91 Å². The lowest BCUT2D eigenvalue weighted by molar-refractivity contribution is -0.135. The second-order valence-corrected chi connectivity index (χ2v) is 12.2. The average Bonchev–Trinajstić information content (AvgIpc) is 3.46. The van der Waals surface area contributed by atoms with Crippen LogP contribution in [0.1, 0.15) is 56.0 Å². The van der Waals surface area contributed by atoms with Gasteiger partial charge in [-0.1, -0.05) is 54.6 Å². The molecule has 1 atom stereocenters. The Kier molecular flexibility index (Phi) is 12.9. The van der Waals surface area contributed by atoms with Gasteiger partial charge in [-0.15, -0.1) is 11.3 Å². The van der Waals surface area contributed by atoms with Crippen LogP contribution in [-0.2, 0) is 29.2 Å². The summed E-state index contributed by atoms with van der Waals surface area (Å²) in [6, 6.07) is 18.2. The van der Waals surface area contributed by atoms with Crippen molar-refractivity contribution in [3.05, 3.63) is 88.1 Å². The number of thiophene rings is 1. The molecule has 1 aromatic heterocycles. The van der Waals surface area contributed by atoms with E-state index in [4.69, 9.17) is 9.47 Å². The van der Waals surface area contributed by atoms with Crippen molar-refractivity contribution in [2.24, 2.45) is 0 Å². The third-order valence-electron chi connectivity index (χ3n) is 6.44. The van der Waals surface area contributed by atoms with Gasteiger partial charge in [-0.25, -0.2) is 9.59 Å². The highest BCUT2D eigenvalue weighted by Gasteiger charge is 2.29. The zero-order valence-corrected chi connectivity index (χ0v) is 25.9. The molecule has 1 heterocycles. The van der Waals surface area contributed by atoms with Gasteiger partial charge in [-0.3, -0.25) is 4.79 Å². The topological polar surface area (TPSA) is 108 Å². The normalized spacial score (nSPS) is 12.0. The summed E-state index contributed by atoms with van der Waals surface area (Å²) in [6.07, 6.45) is -0.769. The van der Waals surface area contributed by atoms with E-state index >= 15 is 0 Å². The molecule has 3 amide bonds. The predicted octanol–water partition coefficient (Wildman–Crippen LogP) is 7.12. The van der Waals surface area contributed by atoms with Crippen LogP contribution in [0.3, 0.4) is 0 Å². The number of para-hydroxylation sites is 1. The molecule has 12 heteroatoms. The van der Waals surface area contributed by atoms with Crippen molar-refractivity contribution >= 4 is 29.4 Å². The number of hydrogen-bond acceptors (Lipinski definition) is 6. The largest absolute Gasteiger partial charge is 0.465 e. The molecule has 0 aliphatic rings. The SMILES string of the molecule is CC(C)(C)OC(=O)NC(CCCCN(Cc1ccccc1)C(=O)O)C(=O)N(Cc1cccs1)Cc1ccccc1OC(F)F. The van der Waals surface area contributed by atoms with E-state index in [1.54, 1.807) is 39.0 Å². The number of nitrogens with zero attached hydrogens (tertiary/aromatic N) is 2. The summed E-state index contributed by atoms with van der Waals surface area (Å²) in [5, 5.41) is 14.3. The van der Waals surface area contributed by atoms with Gasteiger partial charge >= 0.3 is 18.8 Å². The minimum absolute atomic E-state index is 0.0456. The fourth-order valence-electron chi connectivity index (χ4n) is 4.48. The Morgan fingerprint density at radius 2 is 1.61 bits per heavy atom. The molecule has 0 saturated carbocycles. The Morgan fingerprint density at radius 1 is 0.909 bits per heavy atom. The van der Waals surface area contributed by atoms with Crippen LogP contribution in [0.15, 0.2) is 72.1 Å². The van der Waals surface area contributed by atoms with Crippen molar-refractivity contribution in [1.29, 1.82) is 0 Å². The van der Waals surface area contributed by atoms with Crippen molar-refractivity contribution in [2.45, 2.75) is 77.9 Å². The van der Waals surface area contributed by atoms with E-state index in [9.17, 15) is 28.3 Å². The van der Waals surface area contributed by atoms with Gasteiger partial charge in [0.1, 0.15) is 17.4 Å². The highest BCUT2D eigenvalue weighted by atomic mass is 32.1. The van der Waals surface area contributed by atoms with Crippen molar-refractivity contribution in [2.75, 3.05) is 6.54 Å². The van der Waals surface area contributed by atoms with Crippen LogP contribution >= 0.6 is 11.3 Å². The average molecular weight is 632 g/mol. The number of rotatable bonds is 15. The number of hydrogen-bond donors (Lipinski definition) is 2. The lowest BCUT2D eigenvalue weighted by Gasteiger charge is -2.29. The summed E-state index contributed by atoms with van der Waals surface area (Å²) in [4.78, 5) is 42.4. The maximum atomic E-state index is 14.1. The molecule has 3 rings (SSSR count). The molecule has 3 aromatic rings. The summed E-state index contributed by atoms with van der Waals surface area (Å²) in [5.41, 5.74) is 0.431. The molecular formula is C32H39F2N3O6S. The third-order valence-corrected chi connectivity index (χ3v) is 7.30. The first-order chi connectivity index (χ1) is 20.9. The van der Waals surface area contributed by atoms with E-state index in [0.717, 1.165) is 10.4 Å². The number of carbonyl (C=O) groups excluding carboxylic acids is 2. The first-order valence-corrected chi connectivity index (χ1v) is 15.1. The Labute approximate surface area is 260 Å². The molecule has 1 unspecified atom stereocenters. The lowest BCUT2D eigenvalue weighted by Crippen LogP contribution is -2.49. The van der Waals surface area contributed by atoms with E-state index in [1.165, 1.54) is 27.2 Å². The molecular weight excluding hydrogens is 592 g/mol. The molecule has 0 aliphatic heterocycles. The first kappa shape index (κ1) is 34.3. The van der Waals surface area contributed by atoms with Crippen molar-refractivity contribution in [1.82, 2.24) is 15.1 Å². The highest BCUT2D eigenvalue weighted by Crippen LogP contribution is 2.25. The van der Waals surface area contributed by atoms with E-state index in [1.807, 2.05) is 47.8 Å². The molecule has 0 saturated heterocycles. The summed E-state index contributed by atoms with van der Waals surface area (Å²) >= 11 is 1.44. The number of ether oxygens (including phenoxy) is 2. The van der Waals surface area contributed by atoms with Gasteiger partial charge in [0, 0.05) is 30.1 Å². The van der Waals surface area contributed by atoms with Crippen LogP contribution in [-0.4, -0.2) is 57.8 Å². The first-order valence-electron chi connectivity index (χ1n) is 14.3. The van der Waals surface area contributed by atoms with E-state index in [2.05, 4.69) is 5.32 Å². The smallest absolute Gasteiger partial charge is 0.408 e. The summed E-state index contributed by atoms with van der Waals surface area (Å²) < 4.78 is 36.3. The standard InChI is InChI=1S/C32H39F2N3O6S/c1-32(2,3)43-30(39)35-26(16-9-10-18-36(31(40)41)20-23-12-5-4-6-13-23)28(38)37(22-25-15-11-19-44-25)21-24-14-7-8-17-27(24)42-29(33)34/h4-8,11-15,17,19,26,29H,9-10,16,18,20-22H2,1-3H3,(H,35,39)(H,40,41). The molecule has 9 nitrogen and oxygen atoms in total. The number of halogens is 2. The Balaban J connectivity index is 1.78. The minimum atomic E-state index is -3.04. The van der Waals surface area contributed by atoms with Gasteiger partial charge in [0.15, 0.2) is 0 Å². The fourth-order valence-corrected chi connectivity index (χ4v) is 5.20. The molecule has 0 bridgehead atoms. The van der Waals surface area contributed by atoms with Crippen LogP contribution < -0.4 is 10.1 Å². The van der Waals surface area contributed by atoms with Gasteiger partial charge in [-0.2, -0.15) is 8.78 Å². The molecule has 44 heavy (non-hydrogen) atoms. The molecule has 2 aromatic carbocycles. The van der Waals surface area contributed by atoms with Crippen LogP contribution in [0, 0.1) is 0 Å². The number of alkyl halides is 2. The van der Waals surface area contributed by atoms with Gasteiger partial charge in [-0.05, 0) is 63.1 Å². The van der Waals surface area contributed by atoms with Crippen molar-refractivity contribution in [3.8, 4) is 5.75 Å². The number of carbonyl (C=O) groups is 3.